The number of halogens is 1. The third kappa shape index (κ3) is 1.39. The first-order valence-electron chi connectivity index (χ1n) is 4.26. The largest absolute Gasteiger partial charge is 0.198 e. The van der Waals surface area contributed by atoms with Crippen molar-refractivity contribution < 1.29 is 0 Å². The Kier molecular flexibility index (Phi) is 2.45. The highest BCUT2D eigenvalue weighted by Gasteiger charge is 2.08. The molecule has 0 atom stereocenters. The van der Waals surface area contributed by atoms with Gasteiger partial charge in [0.2, 0.25) is 0 Å². The Balaban J connectivity index is 2.74. The average Bonchev–Trinajstić information content (AvgIpc) is 2.54. The van der Waals surface area contributed by atoms with Crippen molar-refractivity contribution in [2.75, 3.05) is 0 Å². The fourth-order valence-electron chi connectivity index (χ4n) is 1.58. The van der Waals surface area contributed by atoms with Crippen molar-refractivity contribution in [1.29, 1.82) is 5.26 Å². The van der Waals surface area contributed by atoms with Gasteiger partial charge >= 0.3 is 0 Å². The summed E-state index contributed by atoms with van der Waals surface area (Å²) >= 11 is 7.72. The zero-order valence-electron chi connectivity index (χ0n) is 7.67. The third-order valence-corrected chi connectivity index (χ3v) is 3.71. The molecule has 14 heavy (non-hydrogen) atoms. The van der Waals surface area contributed by atoms with Crippen molar-refractivity contribution in [3.8, 4) is 6.07 Å². The molecule has 0 aliphatic rings. The molecule has 0 saturated carbocycles. The highest BCUT2D eigenvalue weighted by atomic mass is 35.5. The molecule has 0 fully saturated rings. The quantitative estimate of drug-likeness (QED) is 0.716. The number of nitrogens with zero attached hydrogens (tertiary/aromatic N) is 1. The molecule has 0 radical (unpaired) electrons. The van der Waals surface area contributed by atoms with Gasteiger partial charge in [0.15, 0.2) is 0 Å². The minimum Gasteiger partial charge on any atom is -0.198 e. The highest BCUT2D eigenvalue weighted by molar-refractivity contribution is 7.17. The maximum absolute atomic E-state index is 8.66. The van der Waals surface area contributed by atoms with E-state index in [9.17, 15) is 0 Å². The average molecular weight is 222 g/mol. The second-order valence-electron chi connectivity index (χ2n) is 3.14. The van der Waals surface area contributed by atoms with Gasteiger partial charge in [-0.15, -0.1) is 11.3 Å². The van der Waals surface area contributed by atoms with Crippen LogP contribution in [-0.2, 0) is 6.42 Å². The summed E-state index contributed by atoms with van der Waals surface area (Å²) in [4.78, 5) is 0. The van der Waals surface area contributed by atoms with Gasteiger partial charge in [-0.25, -0.2) is 0 Å². The van der Waals surface area contributed by atoms with E-state index in [-0.39, 0.29) is 0 Å². The van der Waals surface area contributed by atoms with E-state index < -0.39 is 0 Å². The van der Waals surface area contributed by atoms with Crippen LogP contribution in [0.5, 0.6) is 0 Å². The van der Waals surface area contributed by atoms with E-state index in [1.807, 2.05) is 24.4 Å². The molecule has 1 aromatic carbocycles. The van der Waals surface area contributed by atoms with Gasteiger partial charge in [-0.05, 0) is 24.1 Å². The molecule has 0 spiro atoms. The van der Waals surface area contributed by atoms with E-state index in [1.54, 1.807) is 11.3 Å². The van der Waals surface area contributed by atoms with Crippen LogP contribution in [0.4, 0.5) is 0 Å². The zero-order valence-corrected chi connectivity index (χ0v) is 9.25. The van der Waals surface area contributed by atoms with E-state index in [1.165, 1.54) is 4.70 Å². The van der Waals surface area contributed by atoms with E-state index >= 15 is 0 Å². The highest BCUT2D eigenvalue weighted by Crippen LogP contribution is 2.33. The smallest absolute Gasteiger partial charge is 0.0669 e. The molecule has 0 bridgehead atoms. The van der Waals surface area contributed by atoms with Crippen LogP contribution in [0.15, 0.2) is 17.5 Å². The molecule has 1 heterocycles. The lowest BCUT2D eigenvalue weighted by atomic mass is 10.0. The van der Waals surface area contributed by atoms with Gasteiger partial charge in [-0.1, -0.05) is 17.7 Å². The number of fused-ring (bicyclic) bond motifs is 1. The molecular formula is C11H8ClNS. The van der Waals surface area contributed by atoms with Crippen molar-refractivity contribution in [3.63, 3.8) is 0 Å². The van der Waals surface area contributed by atoms with E-state index in [0.29, 0.717) is 6.42 Å². The third-order valence-electron chi connectivity index (χ3n) is 2.34. The minimum atomic E-state index is 0.452. The number of nitriles is 1. The van der Waals surface area contributed by atoms with Crippen molar-refractivity contribution in [1.82, 2.24) is 0 Å². The minimum absolute atomic E-state index is 0.452. The summed E-state index contributed by atoms with van der Waals surface area (Å²) in [5.74, 6) is 0. The van der Waals surface area contributed by atoms with Gasteiger partial charge in [-0.3, -0.25) is 0 Å². The maximum Gasteiger partial charge on any atom is 0.0669 e. The van der Waals surface area contributed by atoms with Gasteiger partial charge in [-0.2, -0.15) is 5.26 Å². The van der Waals surface area contributed by atoms with Gasteiger partial charge in [0.1, 0.15) is 0 Å². The predicted molar refractivity (Wildman–Crippen MR) is 60.9 cm³/mol. The molecule has 3 heteroatoms. The van der Waals surface area contributed by atoms with E-state index in [0.717, 1.165) is 21.5 Å². The molecule has 2 aromatic rings. The number of rotatable bonds is 1. The van der Waals surface area contributed by atoms with Crippen LogP contribution in [0.3, 0.4) is 0 Å². The van der Waals surface area contributed by atoms with E-state index in [2.05, 4.69) is 6.07 Å². The molecule has 0 amide bonds. The second-order valence-corrected chi connectivity index (χ2v) is 4.46. The lowest BCUT2D eigenvalue weighted by Crippen LogP contribution is -1.87. The topological polar surface area (TPSA) is 23.8 Å². The lowest BCUT2D eigenvalue weighted by molar-refractivity contribution is 1.23. The normalized spacial score (nSPS) is 10.4. The summed E-state index contributed by atoms with van der Waals surface area (Å²) in [5, 5.41) is 12.5. The number of thiophene rings is 1. The summed E-state index contributed by atoms with van der Waals surface area (Å²) in [6.07, 6.45) is 0.452. The first-order valence-corrected chi connectivity index (χ1v) is 5.52. The summed E-state index contributed by atoms with van der Waals surface area (Å²) < 4.78 is 1.19. The van der Waals surface area contributed by atoms with Crippen molar-refractivity contribution >= 4 is 33.0 Å². The molecule has 0 aliphatic carbocycles. The number of hydrogen-bond acceptors (Lipinski definition) is 2. The summed E-state index contributed by atoms with van der Waals surface area (Å²) in [5.41, 5.74) is 2.20. The van der Waals surface area contributed by atoms with Crippen molar-refractivity contribution in [2.24, 2.45) is 0 Å². The number of aryl methyl sites for hydroxylation is 1. The Morgan fingerprint density at radius 1 is 1.50 bits per heavy atom. The van der Waals surface area contributed by atoms with Crippen LogP contribution in [0.1, 0.15) is 11.1 Å². The Morgan fingerprint density at radius 2 is 2.29 bits per heavy atom. The Hall–Kier alpha value is -1.04. The Labute approximate surface area is 91.5 Å². The fraction of sp³-hybridized carbons (Fsp3) is 0.182. The first-order chi connectivity index (χ1) is 6.74. The summed E-state index contributed by atoms with van der Waals surface area (Å²) in [7, 11) is 0. The maximum atomic E-state index is 8.66. The molecule has 2 rings (SSSR count). The molecular weight excluding hydrogens is 214 g/mol. The lowest BCUT2D eigenvalue weighted by Gasteiger charge is -2.03. The fourth-order valence-corrected chi connectivity index (χ4v) is 2.88. The standard InChI is InChI=1S/C11H8ClNS/c1-7-8(4-5-13)2-3-10-11(7)9(12)6-14-10/h2-3,6H,4H2,1H3. The van der Waals surface area contributed by atoms with Crippen LogP contribution >= 0.6 is 22.9 Å². The Bertz CT molecular complexity index is 522. The van der Waals surface area contributed by atoms with Crippen molar-refractivity contribution in [3.05, 3.63) is 33.7 Å². The Morgan fingerprint density at radius 3 is 3.00 bits per heavy atom. The van der Waals surface area contributed by atoms with Gasteiger partial charge in [0, 0.05) is 15.5 Å². The predicted octanol–water partition coefficient (Wildman–Crippen LogP) is 3.93. The van der Waals surface area contributed by atoms with Gasteiger partial charge in [0.05, 0.1) is 17.5 Å². The van der Waals surface area contributed by atoms with Crippen LogP contribution in [0.25, 0.3) is 10.1 Å². The van der Waals surface area contributed by atoms with Crippen LogP contribution < -0.4 is 0 Å². The summed E-state index contributed by atoms with van der Waals surface area (Å²) in [6, 6.07) is 6.20. The van der Waals surface area contributed by atoms with Crippen LogP contribution in [0.2, 0.25) is 5.02 Å². The van der Waals surface area contributed by atoms with E-state index in [4.69, 9.17) is 16.9 Å². The second kappa shape index (κ2) is 3.61. The molecule has 0 saturated heterocycles. The molecule has 0 unspecified atom stereocenters. The number of benzene rings is 1. The number of hydrogen-bond donors (Lipinski definition) is 0. The van der Waals surface area contributed by atoms with Crippen LogP contribution in [0, 0.1) is 18.3 Å². The molecule has 70 valence electrons. The van der Waals surface area contributed by atoms with Crippen LogP contribution in [-0.4, -0.2) is 0 Å². The first kappa shape index (κ1) is 9.51. The molecule has 0 N–H and O–H groups in total. The van der Waals surface area contributed by atoms with Crippen molar-refractivity contribution in [2.45, 2.75) is 13.3 Å². The molecule has 1 nitrogen and oxygen atoms in total. The zero-order chi connectivity index (χ0) is 10.1. The molecule has 1 aromatic heterocycles. The van der Waals surface area contributed by atoms with Gasteiger partial charge in [0.25, 0.3) is 0 Å². The SMILES string of the molecule is Cc1c(CC#N)ccc2scc(Cl)c12. The van der Waals surface area contributed by atoms with Gasteiger partial charge < -0.3 is 0 Å². The molecule has 0 aliphatic heterocycles. The monoisotopic (exact) mass is 221 g/mol. The summed E-state index contributed by atoms with van der Waals surface area (Å²) in [6.45, 7) is 2.02.